The number of Topliss-reactive ketones (excluding diaryl/α,β-unsaturated/α-hetero) is 1. The largest absolute Gasteiger partial charge is 0.507 e. The Morgan fingerprint density at radius 3 is 2.65 bits per heavy atom. The molecule has 6 rings (SSSR count). The molecule has 0 radical (unpaired) electrons. The van der Waals surface area contributed by atoms with E-state index in [2.05, 4.69) is 4.98 Å². The van der Waals surface area contributed by atoms with Crippen LogP contribution in [0.15, 0.2) is 66.2 Å². The lowest BCUT2D eigenvalue weighted by Gasteiger charge is -2.23. The number of amides is 1. The fraction of sp³-hybridized carbons (Fsp3) is 0.148. The van der Waals surface area contributed by atoms with E-state index in [9.17, 15) is 14.7 Å². The van der Waals surface area contributed by atoms with Crippen LogP contribution in [0.3, 0.4) is 0 Å². The molecule has 37 heavy (non-hydrogen) atoms. The van der Waals surface area contributed by atoms with Crippen molar-refractivity contribution in [2.45, 2.75) is 6.04 Å². The second-order valence-electron chi connectivity index (χ2n) is 8.38. The van der Waals surface area contributed by atoms with E-state index in [1.807, 2.05) is 0 Å². The monoisotopic (exact) mass is 518 g/mol. The van der Waals surface area contributed by atoms with Gasteiger partial charge < -0.3 is 19.3 Å². The summed E-state index contributed by atoms with van der Waals surface area (Å²) in [6.45, 7) is 0.726. The van der Waals surface area contributed by atoms with Gasteiger partial charge in [-0.25, -0.2) is 9.37 Å². The molecular weight excluding hydrogens is 499 g/mol. The van der Waals surface area contributed by atoms with Crippen molar-refractivity contribution in [2.24, 2.45) is 0 Å². The zero-order valence-electron chi connectivity index (χ0n) is 19.4. The number of hydrogen-bond donors (Lipinski definition) is 1. The molecule has 8 nitrogen and oxygen atoms in total. The number of halogens is 1. The number of rotatable bonds is 4. The molecule has 1 fully saturated rings. The molecule has 1 N–H and O–H groups in total. The molecule has 0 saturated carbocycles. The fourth-order valence-corrected chi connectivity index (χ4v) is 5.51. The third-order valence-electron chi connectivity index (χ3n) is 6.25. The van der Waals surface area contributed by atoms with Crippen LogP contribution in [0.4, 0.5) is 9.52 Å². The fourth-order valence-electron chi connectivity index (χ4n) is 4.49. The summed E-state index contributed by atoms with van der Waals surface area (Å²) < 4.78 is 32.2. The van der Waals surface area contributed by atoms with E-state index < -0.39 is 29.3 Å². The minimum Gasteiger partial charge on any atom is -0.507 e. The van der Waals surface area contributed by atoms with E-state index in [-0.39, 0.29) is 21.8 Å². The summed E-state index contributed by atoms with van der Waals surface area (Å²) in [5.41, 5.74) is 0.626. The number of hydrogen-bond acceptors (Lipinski definition) is 8. The third-order valence-corrected chi connectivity index (χ3v) is 7.27. The molecule has 1 aromatic heterocycles. The van der Waals surface area contributed by atoms with Crippen LogP contribution in [-0.4, -0.2) is 42.1 Å². The van der Waals surface area contributed by atoms with Crippen molar-refractivity contribution in [3.05, 3.63) is 83.2 Å². The molecule has 3 aromatic carbocycles. The number of thiazole rings is 1. The molecule has 186 valence electrons. The first-order valence-corrected chi connectivity index (χ1v) is 12.2. The maximum Gasteiger partial charge on any atom is 0.301 e. The minimum absolute atomic E-state index is 0.0534. The molecule has 0 aliphatic carbocycles. The zero-order chi connectivity index (χ0) is 25.7. The van der Waals surface area contributed by atoms with Crippen molar-refractivity contribution in [3.8, 4) is 17.2 Å². The van der Waals surface area contributed by atoms with Gasteiger partial charge >= 0.3 is 5.91 Å². The van der Waals surface area contributed by atoms with E-state index in [1.165, 1.54) is 31.4 Å². The first-order valence-electron chi connectivity index (χ1n) is 11.4. The number of benzene rings is 3. The normalized spacial score (nSPS) is 18.4. The van der Waals surface area contributed by atoms with Crippen molar-refractivity contribution in [3.63, 3.8) is 0 Å². The zero-order valence-corrected chi connectivity index (χ0v) is 20.3. The van der Waals surface area contributed by atoms with Gasteiger partial charge in [0.1, 0.15) is 36.6 Å². The maximum absolute atomic E-state index is 15.1. The van der Waals surface area contributed by atoms with Gasteiger partial charge in [-0.1, -0.05) is 29.5 Å². The smallest absolute Gasteiger partial charge is 0.301 e. The first-order chi connectivity index (χ1) is 18.0. The number of aliphatic hydroxyl groups is 1. The molecule has 0 bridgehead atoms. The quantitative estimate of drug-likeness (QED) is 0.235. The van der Waals surface area contributed by atoms with Gasteiger partial charge in [-0.2, -0.15) is 0 Å². The van der Waals surface area contributed by atoms with Gasteiger partial charge in [0.15, 0.2) is 16.6 Å². The minimum atomic E-state index is -1.24. The number of anilines is 1. The molecule has 0 spiro atoms. The molecule has 10 heteroatoms. The number of ether oxygens (including phenoxy) is 3. The summed E-state index contributed by atoms with van der Waals surface area (Å²) in [5, 5.41) is 11.5. The molecule has 1 saturated heterocycles. The molecule has 0 unspecified atom stereocenters. The van der Waals surface area contributed by atoms with E-state index in [1.54, 1.807) is 36.4 Å². The van der Waals surface area contributed by atoms with Gasteiger partial charge in [0.25, 0.3) is 5.78 Å². The van der Waals surface area contributed by atoms with Gasteiger partial charge in [-0.15, -0.1) is 0 Å². The highest BCUT2D eigenvalue weighted by Crippen LogP contribution is 2.45. The Morgan fingerprint density at radius 2 is 1.86 bits per heavy atom. The molecule has 2 aliphatic heterocycles. The van der Waals surface area contributed by atoms with Crippen LogP contribution in [0.5, 0.6) is 17.2 Å². The summed E-state index contributed by atoms with van der Waals surface area (Å²) >= 11 is 1.16. The first kappa shape index (κ1) is 23.0. The highest BCUT2D eigenvalue weighted by molar-refractivity contribution is 7.22. The Kier molecular flexibility index (Phi) is 5.53. The van der Waals surface area contributed by atoms with E-state index in [0.717, 1.165) is 20.9 Å². The summed E-state index contributed by atoms with van der Waals surface area (Å²) in [6.07, 6.45) is 0. The predicted molar refractivity (Wildman–Crippen MR) is 135 cm³/mol. The van der Waals surface area contributed by atoms with Crippen LogP contribution in [-0.2, 0) is 9.59 Å². The molecular formula is C27H19FN2O6S. The molecule has 4 aromatic rings. The van der Waals surface area contributed by atoms with Gasteiger partial charge in [0.2, 0.25) is 0 Å². The lowest BCUT2D eigenvalue weighted by molar-refractivity contribution is -0.132. The number of carbonyl (C=O) groups excluding carboxylic acids is 2. The Bertz CT molecular complexity index is 1610. The summed E-state index contributed by atoms with van der Waals surface area (Å²) in [5.74, 6) is -1.44. The SMILES string of the molecule is COc1ccc2nc(N3C(=O)C(=O)/C(=C(/O)c4ccc5c(c4)OCCO5)[C@@H]3c3ccccc3F)sc2c1. The van der Waals surface area contributed by atoms with Crippen LogP contribution in [0.1, 0.15) is 17.2 Å². The van der Waals surface area contributed by atoms with E-state index >= 15 is 4.39 Å². The van der Waals surface area contributed by atoms with Crippen molar-refractivity contribution in [1.82, 2.24) is 4.98 Å². The van der Waals surface area contributed by atoms with Crippen molar-refractivity contribution >= 4 is 44.1 Å². The van der Waals surface area contributed by atoms with Crippen LogP contribution in [0.2, 0.25) is 0 Å². The molecule has 3 heterocycles. The maximum atomic E-state index is 15.1. The lowest BCUT2D eigenvalue weighted by Crippen LogP contribution is -2.29. The second-order valence-corrected chi connectivity index (χ2v) is 9.39. The highest BCUT2D eigenvalue weighted by Gasteiger charge is 2.49. The van der Waals surface area contributed by atoms with Crippen LogP contribution in [0.25, 0.3) is 16.0 Å². The number of aliphatic hydroxyl groups excluding tert-OH is 1. The van der Waals surface area contributed by atoms with Crippen molar-refractivity contribution < 1.29 is 33.3 Å². The van der Waals surface area contributed by atoms with E-state index in [0.29, 0.717) is 36.0 Å². The average molecular weight is 519 g/mol. The Labute approximate surface area is 214 Å². The number of fused-ring (bicyclic) bond motifs is 2. The van der Waals surface area contributed by atoms with Gasteiger partial charge in [0, 0.05) is 11.1 Å². The number of carbonyl (C=O) groups is 2. The van der Waals surface area contributed by atoms with Gasteiger partial charge in [-0.3, -0.25) is 14.5 Å². The number of methoxy groups -OCH3 is 1. The Morgan fingerprint density at radius 1 is 1.08 bits per heavy atom. The van der Waals surface area contributed by atoms with Crippen LogP contribution < -0.4 is 19.1 Å². The van der Waals surface area contributed by atoms with Crippen LogP contribution >= 0.6 is 11.3 Å². The molecule has 1 atom stereocenters. The standard InChI is InChI=1S/C27H19FN2O6S/c1-34-15-7-8-18-21(13-15)37-27(29-18)30-23(16-4-2-3-5-17(16)28)22(25(32)26(30)33)24(31)14-6-9-19-20(12-14)36-11-10-35-19/h2-9,12-13,23,31H,10-11H2,1H3/b24-22+/t23-/m0/s1. The third kappa shape index (κ3) is 3.77. The number of ketones is 1. The second kappa shape index (κ2) is 8.90. The van der Waals surface area contributed by atoms with E-state index in [4.69, 9.17) is 14.2 Å². The Balaban J connectivity index is 1.54. The Hall–Kier alpha value is -4.44. The predicted octanol–water partition coefficient (Wildman–Crippen LogP) is 4.84. The number of nitrogens with zero attached hydrogens (tertiary/aromatic N) is 2. The summed E-state index contributed by atoms with van der Waals surface area (Å²) in [4.78, 5) is 32.4. The van der Waals surface area contributed by atoms with Gasteiger partial charge in [-0.05, 0) is 42.5 Å². The molecule has 1 amide bonds. The highest BCUT2D eigenvalue weighted by atomic mass is 32.1. The van der Waals surface area contributed by atoms with Crippen molar-refractivity contribution in [2.75, 3.05) is 25.2 Å². The van der Waals surface area contributed by atoms with Gasteiger partial charge in [0.05, 0.1) is 22.9 Å². The summed E-state index contributed by atoms with van der Waals surface area (Å²) in [6, 6.07) is 14.5. The van der Waals surface area contributed by atoms with Crippen LogP contribution in [0, 0.1) is 5.82 Å². The topological polar surface area (TPSA) is 98.2 Å². The van der Waals surface area contributed by atoms with Crippen molar-refractivity contribution in [1.29, 1.82) is 0 Å². The molecule has 2 aliphatic rings. The average Bonchev–Trinajstić information content (AvgIpc) is 3.45. The lowest BCUT2D eigenvalue weighted by atomic mass is 9.95. The summed E-state index contributed by atoms with van der Waals surface area (Å²) in [7, 11) is 1.54. The number of aromatic nitrogens is 1.